The molecule has 1 aromatic rings. The van der Waals surface area contributed by atoms with Crippen molar-refractivity contribution in [1.29, 1.82) is 0 Å². The summed E-state index contributed by atoms with van der Waals surface area (Å²) < 4.78 is 5.05. The van der Waals surface area contributed by atoms with E-state index < -0.39 is 5.60 Å². The van der Waals surface area contributed by atoms with Crippen LogP contribution in [0.3, 0.4) is 0 Å². The van der Waals surface area contributed by atoms with E-state index in [0.29, 0.717) is 18.7 Å². The van der Waals surface area contributed by atoms with Crippen LogP contribution in [0.1, 0.15) is 19.8 Å². The number of aromatic nitrogens is 1. The van der Waals surface area contributed by atoms with Crippen LogP contribution in [0.4, 0.5) is 5.82 Å². The average Bonchev–Trinajstić information content (AvgIpc) is 2.69. The number of rotatable bonds is 4. The van der Waals surface area contributed by atoms with E-state index in [1.54, 1.807) is 25.3 Å². The third-order valence-electron chi connectivity index (χ3n) is 2.83. The number of hydrogen-bond donors (Lipinski definition) is 1. The summed E-state index contributed by atoms with van der Waals surface area (Å²) in [6.45, 7) is 1.77. The zero-order chi connectivity index (χ0) is 12.3. The van der Waals surface area contributed by atoms with Crippen molar-refractivity contribution in [2.24, 2.45) is 0 Å². The molecule has 1 atom stereocenters. The molecule has 1 aliphatic heterocycles. The Morgan fingerprint density at radius 3 is 2.89 bits per heavy atom. The predicted octanol–water partition coefficient (Wildman–Crippen LogP) is 1.74. The Bertz CT molecular complexity index is 438. The van der Waals surface area contributed by atoms with Crippen LogP contribution >= 0.6 is 17.0 Å². The summed E-state index contributed by atoms with van der Waals surface area (Å²) in [5.41, 5.74) is -0.973. The Kier molecular flexibility index (Phi) is 4.84. The van der Waals surface area contributed by atoms with E-state index in [1.165, 1.54) is 0 Å². The topological polar surface area (TPSA) is 68.3 Å². The molecule has 0 saturated carbocycles. The normalized spacial score (nSPS) is 21.9. The maximum absolute atomic E-state index is 11.9. The number of pyridine rings is 1. The minimum absolute atomic E-state index is 0. The van der Waals surface area contributed by atoms with Gasteiger partial charge in [0.1, 0.15) is 5.82 Å². The number of halogens is 1. The van der Waals surface area contributed by atoms with Crippen LogP contribution in [0, 0.1) is 0 Å². The maximum Gasteiger partial charge on any atom is 0.306 e. The number of esters is 1. The van der Waals surface area contributed by atoms with E-state index in [0.717, 1.165) is 0 Å². The monoisotopic (exact) mass is 314 g/mol. The van der Waals surface area contributed by atoms with Crippen molar-refractivity contribution in [2.45, 2.75) is 25.4 Å². The fraction of sp³-hybridized carbons (Fsp3) is 0.417. The minimum Gasteiger partial charge on any atom is -0.451 e. The number of cyclic esters (lactones) is 1. The molecule has 1 unspecified atom stereocenters. The van der Waals surface area contributed by atoms with Gasteiger partial charge in [0.15, 0.2) is 11.4 Å². The van der Waals surface area contributed by atoms with Crippen molar-refractivity contribution >= 4 is 34.6 Å². The van der Waals surface area contributed by atoms with Crippen LogP contribution < -0.4 is 5.32 Å². The van der Waals surface area contributed by atoms with E-state index in [-0.39, 0.29) is 35.3 Å². The van der Waals surface area contributed by atoms with Gasteiger partial charge < -0.3 is 10.1 Å². The maximum atomic E-state index is 11.9. The summed E-state index contributed by atoms with van der Waals surface area (Å²) in [5.74, 6) is 0.196. The number of nitrogens with one attached hydrogen (secondary N) is 1. The number of hydrogen-bond acceptors (Lipinski definition) is 5. The van der Waals surface area contributed by atoms with Gasteiger partial charge in [0.25, 0.3) is 0 Å². The lowest BCUT2D eigenvalue weighted by molar-refractivity contribution is -0.154. The Labute approximate surface area is 116 Å². The summed E-state index contributed by atoms with van der Waals surface area (Å²) >= 11 is 0. The average molecular weight is 315 g/mol. The zero-order valence-corrected chi connectivity index (χ0v) is 11.7. The highest BCUT2D eigenvalue weighted by molar-refractivity contribution is 8.93. The molecule has 0 bridgehead atoms. The van der Waals surface area contributed by atoms with Gasteiger partial charge in [-0.05, 0) is 19.1 Å². The highest BCUT2D eigenvalue weighted by Gasteiger charge is 2.41. The van der Waals surface area contributed by atoms with E-state index in [4.69, 9.17) is 4.74 Å². The van der Waals surface area contributed by atoms with Gasteiger partial charge in [-0.2, -0.15) is 0 Å². The first kappa shape index (κ1) is 14.6. The molecule has 1 aromatic heterocycles. The Hall–Kier alpha value is -1.43. The van der Waals surface area contributed by atoms with Gasteiger partial charge in [-0.1, -0.05) is 6.07 Å². The molecule has 0 radical (unpaired) electrons. The molecule has 2 rings (SSSR count). The summed E-state index contributed by atoms with van der Waals surface area (Å²) in [6, 6.07) is 5.40. The SMILES string of the molecule is Br.CC1(C(=O)CNc2ccccn2)CCC(=O)O1. The van der Waals surface area contributed by atoms with Crippen LogP contribution in [0.2, 0.25) is 0 Å². The largest absolute Gasteiger partial charge is 0.451 e. The van der Waals surface area contributed by atoms with E-state index in [2.05, 4.69) is 10.3 Å². The van der Waals surface area contributed by atoms with E-state index in [1.807, 2.05) is 6.07 Å². The minimum atomic E-state index is -0.973. The second-order valence-electron chi connectivity index (χ2n) is 4.20. The summed E-state index contributed by atoms with van der Waals surface area (Å²) in [6.07, 6.45) is 2.41. The molecule has 1 N–H and O–H groups in total. The Morgan fingerprint density at radius 1 is 1.56 bits per heavy atom. The number of nitrogens with zero attached hydrogens (tertiary/aromatic N) is 1. The van der Waals surface area contributed by atoms with E-state index in [9.17, 15) is 9.59 Å². The smallest absolute Gasteiger partial charge is 0.306 e. The summed E-state index contributed by atoms with van der Waals surface area (Å²) in [5, 5.41) is 2.91. The van der Waals surface area contributed by atoms with Gasteiger partial charge in [0.05, 0.1) is 6.54 Å². The standard InChI is InChI=1S/C12H14N2O3.BrH/c1-12(6-5-11(16)17-12)9(15)8-14-10-4-2-3-7-13-10;/h2-4,7H,5-6,8H2,1H3,(H,13,14);1H. The molecule has 18 heavy (non-hydrogen) atoms. The molecular weight excluding hydrogens is 300 g/mol. The van der Waals surface area contributed by atoms with Gasteiger partial charge in [-0.3, -0.25) is 9.59 Å². The number of Topliss-reactive ketones (excluding diaryl/α,β-unsaturated/α-hetero) is 1. The zero-order valence-electron chi connectivity index (χ0n) is 10.0. The fourth-order valence-corrected chi connectivity index (χ4v) is 1.72. The van der Waals surface area contributed by atoms with Crippen molar-refractivity contribution in [2.75, 3.05) is 11.9 Å². The van der Waals surface area contributed by atoms with Gasteiger partial charge >= 0.3 is 5.97 Å². The Morgan fingerprint density at radius 2 is 2.33 bits per heavy atom. The highest BCUT2D eigenvalue weighted by Crippen LogP contribution is 2.27. The molecule has 1 saturated heterocycles. The molecule has 0 aliphatic carbocycles. The van der Waals surface area contributed by atoms with Crippen LogP contribution in [-0.2, 0) is 14.3 Å². The van der Waals surface area contributed by atoms with Crippen LogP contribution in [0.25, 0.3) is 0 Å². The van der Waals surface area contributed by atoms with Gasteiger partial charge in [0.2, 0.25) is 0 Å². The number of ether oxygens (including phenoxy) is 1. The lowest BCUT2D eigenvalue weighted by Crippen LogP contribution is -2.39. The summed E-state index contributed by atoms with van der Waals surface area (Å²) in [7, 11) is 0. The fourth-order valence-electron chi connectivity index (χ4n) is 1.72. The van der Waals surface area contributed by atoms with E-state index >= 15 is 0 Å². The number of carbonyl (C=O) groups is 2. The molecule has 98 valence electrons. The van der Waals surface area contributed by atoms with Crippen molar-refractivity contribution in [3.05, 3.63) is 24.4 Å². The van der Waals surface area contributed by atoms with Crippen LogP contribution in [-0.4, -0.2) is 28.9 Å². The van der Waals surface area contributed by atoms with Crippen molar-refractivity contribution in [3.63, 3.8) is 0 Å². The third kappa shape index (κ3) is 3.29. The summed E-state index contributed by atoms with van der Waals surface area (Å²) in [4.78, 5) is 27.0. The molecule has 6 heteroatoms. The molecule has 1 aliphatic rings. The van der Waals surface area contributed by atoms with Gasteiger partial charge in [-0.25, -0.2) is 4.98 Å². The third-order valence-corrected chi connectivity index (χ3v) is 2.83. The van der Waals surface area contributed by atoms with Crippen molar-refractivity contribution in [1.82, 2.24) is 4.98 Å². The number of anilines is 1. The second kappa shape index (κ2) is 5.95. The molecule has 2 heterocycles. The lowest BCUT2D eigenvalue weighted by Gasteiger charge is -2.20. The number of ketones is 1. The first-order valence-corrected chi connectivity index (χ1v) is 5.50. The van der Waals surface area contributed by atoms with Crippen molar-refractivity contribution in [3.8, 4) is 0 Å². The van der Waals surface area contributed by atoms with Crippen molar-refractivity contribution < 1.29 is 14.3 Å². The predicted molar refractivity (Wildman–Crippen MR) is 71.8 cm³/mol. The van der Waals surface area contributed by atoms with Crippen LogP contribution in [0.15, 0.2) is 24.4 Å². The second-order valence-corrected chi connectivity index (χ2v) is 4.20. The lowest BCUT2D eigenvalue weighted by atomic mass is 9.97. The molecule has 0 aromatic carbocycles. The van der Waals surface area contributed by atoms with Gasteiger partial charge in [-0.15, -0.1) is 17.0 Å². The Balaban J connectivity index is 0.00000162. The molecular formula is C12H15BrN2O3. The molecule has 0 amide bonds. The molecule has 1 fully saturated rings. The first-order valence-electron chi connectivity index (χ1n) is 5.50. The number of carbonyl (C=O) groups excluding carboxylic acids is 2. The molecule has 5 nitrogen and oxygen atoms in total. The van der Waals surface area contributed by atoms with Crippen LogP contribution in [0.5, 0.6) is 0 Å². The quantitative estimate of drug-likeness (QED) is 0.857. The molecule has 0 spiro atoms. The first-order chi connectivity index (χ1) is 8.10. The van der Waals surface area contributed by atoms with Gasteiger partial charge in [0, 0.05) is 19.0 Å². The highest BCUT2D eigenvalue weighted by atomic mass is 79.9.